The Kier molecular flexibility index (Phi) is 4.99. The van der Waals surface area contributed by atoms with Crippen molar-refractivity contribution in [3.8, 4) is 11.3 Å². The van der Waals surface area contributed by atoms with Crippen LogP contribution in [0, 0.1) is 0 Å². The van der Waals surface area contributed by atoms with E-state index in [0.29, 0.717) is 31.0 Å². The van der Waals surface area contributed by atoms with Crippen molar-refractivity contribution in [2.24, 2.45) is 0 Å². The Morgan fingerprint density at radius 2 is 2.17 bits per heavy atom. The molecule has 7 heteroatoms. The molecular formula is C17H17BrN2O4. The molecule has 0 radical (unpaired) electrons. The Labute approximate surface area is 147 Å². The smallest absolute Gasteiger partial charge is 0.326 e. The molecule has 0 unspecified atom stereocenters. The molecule has 1 aromatic heterocycles. The molecule has 126 valence electrons. The molecule has 0 saturated carbocycles. The summed E-state index contributed by atoms with van der Waals surface area (Å²) in [4.78, 5) is 29.1. The summed E-state index contributed by atoms with van der Waals surface area (Å²) in [5, 5.41) is 9.14. The van der Waals surface area contributed by atoms with Crippen LogP contribution in [0.3, 0.4) is 0 Å². The maximum absolute atomic E-state index is 12.3. The summed E-state index contributed by atoms with van der Waals surface area (Å²) < 4.78 is 6.62. The van der Waals surface area contributed by atoms with E-state index in [9.17, 15) is 9.59 Å². The molecule has 3 rings (SSSR count). The van der Waals surface area contributed by atoms with Gasteiger partial charge in [0.25, 0.3) is 0 Å². The van der Waals surface area contributed by atoms with Crippen LogP contribution in [0.5, 0.6) is 0 Å². The van der Waals surface area contributed by atoms with Crippen molar-refractivity contribution in [2.75, 3.05) is 6.54 Å². The maximum Gasteiger partial charge on any atom is 0.326 e. The zero-order valence-corrected chi connectivity index (χ0v) is 14.5. The number of likely N-dealkylation sites (tertiary alicyclic amines) is 1. The summed E-state index contributed by atoms with van der Waals surface area (Å²) in [5.74, 6) is 0.00316. The summed E-state index contributed by atoms with van der Waals surface area (Å²) in [6, 6.07) is 6.96. The third-order valence-corrected chi connectivity index (χ3v) is 4.80. The standard InChI is InChI=1S/C17H17BrN2O4/c18-12-5-2-1-4-11(12)14-10-19-15(24-14)7-8-16(21)20-9-3-6-13(20)17(22)23/h1-2,4-5,10,13H,3,6-9H2,(H,22,23)/t13-/m0/s1. The van der Waals surface area contributed by atoms with E-state index in [4.69, 9.17) is 9.52 Å². The number of hydrogen-bond donors (Lipinski definition) is 1. The van der Waals surface area contributed by atoms with E-state index in [1.165, 1.54) is 4.90 Å². The van der Waals surface area contributed by atoms with E-state index in [-0.39, 0.29) is 12.3 Å². The highest BCUT2D eigenvalue weighted by Crippen LogP contribution is 2.28. The molecular weight excluding hydrogens is 376 g/mol. The third-order valence-electron chi connectivity index (χ3n) is 4.10. The molecule has 0 aliphatic carbocycles. The minimum absolute atomic E-state index is 0.166. The number of carbonyl (C=O) groups excluding carboxylic acids is 1. The van der Waals surface area contributed by atoms with E-state index < -0.39 is 12.0 Å². The fraction of sp³-hybridized carbons (Fsp3) is 0.353. The van der Waals surface area contributed by atoms with Gasteiger partial charge in [0, 0.05) is 29.4 Å². The number of aryl methyl sites for hydroxylation is 1. The van der Waals surface area contributed by atoms with Crippen LogP contribution in [0.1, 0.15) is 25.2 Å². The van der Waals surface area contributed by atoms with Crippen LogP contribution in [-0.2, 0) is 16.0 Å². The van der Waals surface area contributed by atoms with Crippen LogP contribution in [-0.4, -0.2) is 39.5 Å². The number of amides is 1. The number of oxazole rings is 1. The number of benzene rings is 1. The largest absolute Gasteiger partial charge is 0.480 e. The van der Waals surface area contributed by atoms with Crippen LogP contribution >= 0.6 is 15.9 Å². The van der Waals surface area contributed by atoms with Gasteiger partial charge >= 0.3 is 5.97 Å². The molecule has 1 saturated heterocycles. The Morgan fingerprint density at radius 1 is 1.38 bits per heavy atom. The van der Waals surface area contributed by atoms with Crippen molar-refractivity contribution >= 4 is 27.8 Å². The van der Waals surface area contributed by atoms with Crippen LogP contribution < -0.4 is 0 Å². The van der Waals surface area contributed by atoms with E-state index in [0.717, 1.165) is 16.5 Å². The number of carboxylic acid groups (broad SMARTS) is 1. The normalized spacial score (nSPS) is 17.2. The van der Waals surface area contributed by atoms with Gasteiger partial charge in [-0.25, -0.2) is 9.78 Å². The average Bonchev–Trinajstić information content (AvgIpc) is 3.22. The minimum Gasteiger partial charge on any atom is -0.480 e. The van der Waals surface area contributed by atoms with Gasteiger partial charge in [-0.3, -0.25) is 4.79 Å². The Balaban J connectivity index is 1.63. The van der Waals surface area contributed by atoms with Crippen molar-refractivity contribution in [1.29, 1.82) is 0 Å². The van der Waals surface area contributed by atoms with Gasteiger partial charge in [0.05, 0.1) is 6.20 Å². The van der Waals surface area contributed by atoms with Gasteiger partial charge in [-0.1, -0.05) is 34.1 Å². The number of aromatic nitrogens is 1. The Morgan fingerprint density at radius 3 is 2.92 bits per heavy atom. The van der Waals surface area contributed by atoms with Crippen molar-refractivity contribution in [3.05, 3.63) is 40.8 Å². The lowest BCUT2D eigenvalue weighted by Crippen LogP contribution is -2.40. The zero-order chi connectivity index (χ0) is 17.1. The average molecular weight is 393 g/mol. The van der Waals surface area contributed by atoms with Gasteiger partial charge in [-0.05, 0) is 18.9 Å². The zero-order valence-electron chi connectivity index (χ0n) is 12.9. The summed E-state index contributed by atoms with van der Waals surface area (Å²) in [6.45, 7) is 0.504. The van der Waals surface area contributed by atoms with E-state index in [1.54, 1.807) is 6.20 Å². The number of hydrogen-bond acceptors (Lipinski definition) is 4. The molecule has 1 aliphatic heterocycles. The Hall–Kier alpha value is -2.15. The monoisotopic (exact) mass is 392 g/mol. The van der Waals surface area contributed by atoms with E-state index in [1.807, 2.05) is 24.3 Å². The quantitative estimate of drug-likeness (QED) is 0.844. The van der Waals surface area contributed by atoms with Crippen LogP contribution in [0.15, 0.2) is 39.4 Å². The highest BCUT2D eigenvalue weighted by molar-refractivity contribution is 9.10. The molecule has 1 aromatic carbocycles. The number of rotatable bonds is 5. The third kappa shape index (κ3) is 3.51. The predicted octanol–water partition coefficient (Wildman–Crippen LogP) is 3.11. The fourth-order valence-corrected chi connectivity index (χ4v) is 3.37. The summed E-state index contributed by atoms with van der Waals surface area (Å²) in [6.07, 6.45) is 3.43. The number of halogens is 1. The van der Waals surface area contributed by atoms with Gasteiger partial charge in [0.15, 0.2) is 11.7 Å². The van der Waals surface area contributed by atoms with Gasteiger partial charge in [0.1, 0.15) is 6.04 Å². The second-order valence-corrected chi connectivity index (χ2v) is 6.54. The molecule has 1 aliphatic rings. The second kappa shape index (κ2) is 7.17. The van der Waals surface area contributed by atoms with Crippen LogP contribution in [0.4, 0.5) is 0 Å². The van der Waals surface area contributed by atoms with Crippen LogP contribution in [0.25, 0.3) is 11.3 Å². The van der Waals surface area contributed by atoms with Crippen LogP contribution in [0.2, 0.25) is 0 Å². The molecule has 2 heterocycles. The minimum atomic E-state index is -0.937. The fourth-order valence-electron chi connectivity index (χ4n) is 2.89. The topological polar surface area (TPSA) is 83.6 Å². The van der Waals surface area contributed by atoms with Gasteiger partial charge in [-0.2, -0.15) is 0 Å². The summed E-state index contributed by atoms with van der Waals surface area (Å²) >= 11 is 3.47. The van der Waals surface area contributed by atoms with Crippen molar-refractivity contribution in [2.45, 2.75) is 31.7 Å². The molecule has 24 heavy (non-hydrogen) atoms. The summed E-state index contributed by atoms with van der Waals surface area (Å²) in [7, 11) is 0. The highest BCUT2D eigenvalue weighted by Gasteiger charge is 2.33. The first-order valence-electron chi connectivity index (χ1n) is 7.78. The number of nitrogens with zero attached hydrogens (tertiary/aromatic N) is 2. The van der Waals surface area contributed by atoms with E-state index >= 15 is 0 Å². The molecule has 1 amide bonds. The van der Waals surface area contributed by atoms with Gasteiger partial charge in [0.2, 0.25) is 5.91 Å². The van der Waals surface area contributed by atoms with Crippen molar-refractivity contribution in [1.82, 2.24) is 9.88 Å². The maximum atomic E-state index is 12.3. The first kappa shape index (κ1) is 16.7. The molecule has 0 bridgehead atoms. The molecule has 6 nitrogen and oxygen atoms in total. The lowest BCUT2D eigenvalue weighted by Gasteiger charge is -2.20. The number of aliphatic carboxylic acids is 1. The Bertz CT molecular complexity index is 759. The molecule has 1 fully saturated rings. The van der Waals surface area contributed by atoms with Gasteiger partial charge < -0.3 is 14.4 Å². The molecule has 1 atom stereocenters. The van der Waals surface area contributed by atoms with Gasteiger partial charge in [-0.15, -0.1) is 0 Å². The summed E-state index contributed by atoms with van der Waals surface area (Å²) in [5.41, 5.74) is 0.896. The molecule has 1 N–H and O–H groups in total. The number of carbonyl (C=O) groups is 2. The lowest BCUT2D eigenvalue weighted by atomic mass is 10.2. The lowest BCUT2D eigenvalue weighted by molar-refractivity contribution is -0.148. The van der Waals surface area contributed by atoms with E-state index in [2.05, 4.69) is 20.9 Å². The predicted molar refractivity (Wildman–Crippen MR) is 90.3 cm³/mol. The highest BCUT2D eigenvalue weighted by atomic mass is 79.9. The number of carboxylic acids is 1. The van der Waals surface area contributed by atoms with Crippen molar-refractivity contribution < 1.29 is 19.1 Å². The molecule has 0 spiro atoms. The van der Waals surface area contributed by atoms with Crippen molar-refractivity contribution in [3.63, 3.8) is 0 Å². The first-order chi connectivity index (χ1) is 11.6. The molecule has 2 aromatic rings. The SMILES string of the molecule is O=C(O)[C@@H]1CCCN1C(=O)CCc1ncc(-c2ccccc2Br)o1. The second-order valence-electron chi connectivity index (χ2n) is 5.68. The first-order valence-corrected chi connectivity index (χ1v) is 8.57.